The molecule has 4 rings (SSSR count). The lowest BCUT2D eigenvalue weighted by atomic mass is 10.1. The number of ether oxygens (including phenoxy) is 3. The zero-order valence-electron chi connectivity index (χ0n) is 17.0. The zero-order valence-corrected chi connectivity index (χ0v) is 17.8. The molecule has 0 atom stereocenters. The highest BCUT2D eigenvalue weighted by molar-refractivity contribution is 7.10. The van der Waals surface area contributed by atoms with Gasteiger partial charge in [0, 0.05) is 34.7 Å². The number of thiazole rings is 1. The first-order chi connectivity index (χ1) is 15.0. The van der Waals surface area contributed by atoms with Gasteiger partial charge in [-0.25, -0.2) is 4.99 Å². The molecule has 1 aliphatic rings. The topological polar surface area (TPSA) is 102 Å². The molecule has 0 fully saturated rings. The number of benzene rings is 2. The number of H-pyrrole nitrogens is 1. The lowest BCUT2D eigenvalue weighted by Gasteiger charge is -2.10. The normalized spacial score (nSPS) is 13.8. The van der Waals surface area contributed by atoms with Gasteiger partial charge in [-0.1, -0.05) is 11.3 Å². The highest BCUT2D eigenvalue weighted by Gasteiger charge is 2.15. The number of hydrogen-bond donors (Lipinski definition) is 2. The van der Waals surface area contributed by atoms with Crippen molar-refractivity contribution in [1.82, 2.24) is 4.98 Å². The van der Waals surface area contributed by atoms with Crippen LogP contribution in [0.15, 0.2) is 51.8 Å². The van der Waals surface area contributed by atoms with E-state index in [2.05, 4.69) is 15.3 Å². The van der Waals surface area contributed by atoms with Crippen LogP contribution in [0.1, 0.15) is 4.88 Å². The van der Waals surface area contributed by atoms with E-state index in [0.717, 1.165) is 16.6 Å². The molecule has 31 heavy (non-hydrogen) atoms. The van der Waals surface area contributed by atoms with Gasteiger partial charge in [-0.2, -0.15) is 0 Å². The van der Waals surface area contributed by atoms with Crippen LogP contribution in [0.5, 0.6) is 17.2 Å². The molecule has 0 bridgehead atoms. The molecule has 1 aromatic heterocycles. The number of aromatic nitrogens is 1. The summed E-state index contributed by atoms with van der Waals surface area (Å²) in [5.74, 6) is 1.93. The Morgan fingerprint density at radius 3 is 2.35 bits per heavy atom. The molecule has 2 aromatic carbocycles. The Balaban J connectivity index is 1.74. The van der Waals surface area contributed by atoms with Crippen molar-refractivity contribution in [2.45, 2.75) is 0 Å². The third kappa shape index (κ3) is 4.36. The Hall–Kier alpha value is -3.85. The number of hydrogen-bond acceptors (Lipinski definition) is 7. The lowest BCUT2D eigenvalue weighted by molar-refractivity contribution is -0.114. The van der Waals surface area contributed by atoms with E-state index in [1.165, 1.54) is 0 Å². The van der Waals surface area contributed by atoms with Gasteiger partial charge in [0.1, 0.15) is 23.1 Å². The van der Waals surface area contributed by atoms with Crippen LogP contribution in [0.25, 0.3) is 12.2 Å². The van der Waals surface area contributed by atoms with Gasteiger partial charge in [-0.05, 0) is 30.4 Å². The van der Waals surface area contributed by atoms with Crippen LogP contribution in [0, 0.1) is 0 Å². The molecular weight excluding hydrogens is 418 g/mol. The Bertz CT molecular complexity index is 1350. The van der Waals surface area contributed by atoms with E-state index >= 15 is 0 Å². The van der Waals surface area contributed by atoms with Gasteiger partial charge in [0.15, 0.2) is 0 Å². The molecule has 0 unspecified atom stereocenters. The lowest BCUT2D eigenvalue weighted by Crippen LogP contribution is -2.30. The van der Waals surface area contributed by atoms with E-state index < -0.39 is 0 Å². The largest absolute Gasteiger partial charge is 0.497 e. The Morgan fingerprint density at radius 2 is 1.68 bits per heavy atom. The van der Waals surface area contributed by atoms with Crippen molar-refractivity contribution < 1.29 is 19.0 Å². The average Bonchev–Trinajstić information content (AvgIpc) is 3.11. The van der Waals surface area contributed by atoms with E-state index in [1.807, 2.05) is 0 Å². The molecule has 0 saturated heterocycles. The van der Waals surface area contributed by atoms with Crippen LogP contribution in [-0.4, -0.2) is 32.2 Å². The van der Waals surface area contributed by atoms with Gasteiger partial charge in [0.2, 0.25) is 0 Å². The van der Waals surface area contributed by atoms with Crippen LogP contribution in [0.4, 0.5) is 11.5 Å². The van der Waals surface area contributed by atoms with E-state index in [0.29, 0.717) is 44.6 Å². The Labute approximate surface area is 181 Å². The van der Waals surface area contributed by atoms with E-state index in [1.54, 1.807) is 69.9 Å². The van der Waals surface area contributed by atoms with Crippen molar-refractivity contribution in [3.05, 3.63) is 67.1 Å². The predicted molar refractivity (Wildman–Crippen MR) is 119 cm³/mol. The van der Waals surface area contributed by atoms with Crippen molar-refractivity contribution >= 4 is 40.9 Å². The van der Waals surface area contributed by atoms with Crippen LogP contribution in [-0.2, 0) is 4.79 Å². The summed E-state index contributed by atoms with van der Waals surface area (Å²) in [5, 5.41) is 4.50. The molecule has 0 spiro atoms. The number of fused-ring (bicyclic) bond motifs is 1. The number of rotatable bonds is 6. The van der Waals surface area contributed by atoms with Crippen LogP contribution in [0.3, 0.4) is 0 Å². The first-order valence-electron chi connectivity index (χ1n) is 9.23. The van der Waals surface area contributed by atoms with Crippen LogP contribution in [0.2, 0.25) is 0 Å². The number of anilines is 2. The van der Waals surface area contributed by atoms with Crippen LogP contribution >= 0.6 is 11.3 Å². The predicted octanol–water partition coefficient (Wildman–Crippen LogP) is 2.23. The molecule has 158 valence electrons. The van der Waals surface area contributed by atoms with Gasteiger partial charge in [-0.15, -0.1) is 0 Å². The van der Waals surface area contributed by atoms with Crippen molar-refractivity contribution in [3.63, 3.8) is 0 Å². The summed E-state index contributed by atoms with van der Waals surface area (Å²) in [7, 11) is 4.69. The molecule has 2 heterocycles. The number of methoxy groups -OCH3 is 3. The van der Waals surface area contributed by atoms with E-state index in [9.17, 15) is 9.59 Å². The highest BCUT2D eigenvalue weighted by Crippen LogP contribution is 2.30. The first kappa shape index (κ1) is 20.4. The Kier molecular flexibility index (Phi) is 5.59. The molecule has 0 radical (unpaired) electrons. The molecule has 1 amide bonds. The maximum atomic E-state index is 12.5. The SMILES string of the molecule is COc1cc(Nc2[nH]c(=O)sc2/C=C2/C=c3cc(OC)ccc3=NC2=O)cc(OC)c1. The minimum Gasteiger partial charge on any atom is -0.497 e. The number of aromatic amines is 1. The maximum Gasteiger partial charge on any atom is 0.306 e. The van der Waals surface area contributed by atoms with Crippen molar-refractivity contribution in [2.24, 2.45) is 4.99 Å². The number of carbonyl (C=O) groups is 1. The molecule has 3 aromatic rings. The van der Waals surface area contributed by atoms with Gasteiger partial charge >= 0.3 is 4.87 Å². The van der Waals surface area contributed by atoms with Crippen molar-refractivity contribution in [1.29, 1.82) is 0 Å². The second-order valence-corrected chi connectivity index (χ2v) is 7.58. The fourth-order valence-corrected chi connectivity index (χ4v) is 3.83. The molecule has 9 heteroatoms. The molecule has 0 aliphatic carbocycles. The standard InChI is InChI=1S/C22H19N3O5S/c1-28-15-4-5-18-12(7-15)6-13(21(26)24-18)8-19-20(25-22(27)31-19)23-14-9-16(29-2)11-17(10-14)30-3/h4-11,23H,1-3H3,(H,25,27)/b13-8-. The molecule has 1 aliphatic heterocycles. The van der Waals surface area contributed by atoms with Gasteiger partial charge < -0.3 is 19.5 Å². The number of carbonyl (C=O) groups excluding carboxylic acids is 1. The van der Waals surface area contributed by atoms with Crippen LogP contribution < -0.4 is 35.0 Å². The second-order valence-electron chi connectivity index (χ2n) is 6.57. The molecule has 8 nitrogen and oxygen atoms in total. The third-order valence-corrected chi connectivity index (χ3v) is 5.43. The summed E-state index contributed by atoms with van der Waals surface area (Å²) in [6.07, 6.45) is 3.37. The quantitative estimate of drug-likeness (QED) is 0.574. The summed E-state index contributed by atoms with van der Waals surface area (Å²) in [4.78, 5) is 31.8. The minimum absolute atomic E-state index is 0.258. The summed E-state index contributed by atoms with van der Waals surface area (Å²) in [6.45, 7) is 0. The number of nitrogens with one attached hydrogen (secondary N) is 2. The Morgan fingerprint density at radius 1 is 0.968 bits per heavy atom. The number of nitrogens with zero attached hydrogens (tertiary/aromatic N) is 1. The summed E-state index contributed by atoms with van der Waals surface area (Å²) in [6, 6.07) is 10.6. The zero-order chi connectivity index (χ0) is 22.0. The van der Waals surface area contributed by atoms with Gasteiger partial charge in [0.05, 0.1) is 31.6 Å². The van der Waals surface area contributed by atoms with Gasteiger partial charge in [-0.3, -0.25) is 14.6 Å². The third-order valence-electron chi connectivity index (χ3n) is 4.60. The average molecular weight is 437 g/mol. The van der Waals surface area contributed by atoms with Crippen molar-refractivity contribution in [3.8, 4) is 17.2 Å². The molecule has 2 N–H and O–H groups in total. The molecular formula is C22H19N3O5S. The summed E-state index contributed by atoms with van der Waals surface area (Å²) in [5.41, 5.74) is 1.02. The number of amides is 1. The van der Waals surface area contributed by atoms with Gasteiger partial charge in [0.25, 0.3) is 5.91 Å². The fraction of sp³-hybridized carbons (Fsp3) is 0.136. The monoisotopic (exact) mass is 437 g/mol. The smallest absolute Gasteiger partial charge is 0.306 e. The maximum absolute atomic E-state index is 12.5. The van der Waals surface area contributed by atoms with Crippen molar-refractivity contribution in [2.75, 3.05) is 26.6 Å². The van der Waals surface area contributed by atoms with E-state index in [-0.39, 0.29) is 10.8 Å². The first-order valence-corrected chi connectivity index (χ1v) is 10.0. The summed E-state index contributed by atoms with van der Waals surface area (Å²) < 4.78 is 15.8. The second kappa shape index (κ2) is 8.49. The van der Waals surface area contributed by atoms with E-state index in [4.69, 9.17) is 14.2 Å². The highest BCUT2D eigenvalue weighted by atomic mass is 32.1. The summed E-state index contributed by atoms with van der Waals surface area (Å²) >= 11 is 0.987. The fourth-order valence-electron chi connectivity index (χ4n) is 3.08. The molecule has 0 saturated carbocycles. The minimum atomic E-state index is -0.382.